The van der Waals surface area contributed by atoms with Gasteiger partial charge in [-0.1, -0.05) is 53.5 Å². The minimum atomic E-state index is -0.119. The zero-order valence-electron chi connectivity index (χ0n) is 19.7. The number of fused-ring (bicyclic) bond motifs is 1. The van der Waals surface area contributed by atoms with E-state index in [1.807, 2.05) is 0 Å². The number of nitrogens with zero attached hydrogens (tertiary/aromatic N) is 2. The van der Waals surface area contributed by atoms with Crippen LogP contribution in [0.5, 0.6) is 5.75 Å². The van der Waals surface area contributed by atoms with Crippen LogP contribution in [-0.2, 0) is 6.54 Å². The van der Waals surface area contributed by atoms with Crippen LogP contribution in [0.3, 0.4) is 0 Å². The molecule has 1 fully saturated rings. The maximum absolute atomic E-state index is 12.6. The minimum Gasteiger partial charge on any atom is -0.493 e. The van der Waals surface area contributed by atoms with E-state index in [-0.39, 0.29) is 11.9 Å². The number of halogens is 2. The van der Waals surface area contributed by atoms with E-state index in [2.05, 4.69) is 65.6 Å². The number of rotatable bonds is 9. The van der Waals surface area contributed by atoms with Crippen LogP contribution in [-0.4, -0.2) is 62.1 Å². The van der Waals surface area contributed by atoms with Gasteiger partial charge in [0, 0.05) is 43.2 Å². The average molecular weight is 500 g/mol. The van der Waals surface area contributed by atoms with Crippen LogP contribution in [0.2, 0.25) is 10.0 Å². The number of carbonyl (C=O) groups is 1. The van der Waals surface area contributed by atoms with E-state index in [9.17, 15) is 4.79 Å². The van der Waals surface area contributed by atoms with E-state index in [0.29, 0.717) is 22.2 Å². The largest absolute Gasteiger partial charge is 0.493 e. The normalized spacial score (nSPS) is 16.3. The summed E-state index contributed by atoms with van der Waals surface area (Å²) in [6, 6.07) is 17.8. The van der Waals surface area contributed by atoms with Crippen molar-refractivity contribution in [3.8, 4) is 5.75 Å². The smallest absolute Gasteiger partial charge is 0.251 e. The molecule has 0 aliphatic carbocycles. The van der Waals surface area contributed by atoms with Crippen LogP contribution in [0.15, 0.2) is 54.6 Å². The second-order valence-corrected chi connectivity index (χ2v) is 9.91. The quantitative estimate of drug-likeness (QED) is 0.395. The first-order valence-electron chi connectivity index (χ1n) is 11.7. The molecule has 180 valence electrons. The first-order chi connectivity index (χ1) is 16.4. The highest BCUT2D eigenvalue weighted by atomic mass is 35.5. The predicted octanol–water partition coefficient (Wildman–Crippen LogP) is 5.48. The molecule has 1 aliphatic rings. The van der Waals surface area contributed by atoms with Gasteiger partial charge >= 0.3 is 0 Å². The first kappa shape index (κ1) is 24.8. The van der Waals surface area contributed by atoms with E-state index in [1.54, 1.807) is 18.2 Å². The third kappa shape index (κ3) is 6.22. The van der Waals surface area contributed by atoms with Crippen LogP contribution in [0.4, 0.5) is 0 Å². The Labute approximate surface area is 211 Å². The number of amides is 1. The van der Waals surface area contributed by atoms with Crippen molar-refractivity contribution in [2.45, 2.75) is 25.4 Å². The van der Waals surface area contributed by atoms with Gasteiger partial charge in [0.25, 0.3) is 5.91 Å². The van der Waals surface area contributed by atoms with Crippen LogP contribution in [0.25, 0.3) is 10.8 Å². The Morgan fingerprint density at radius 3 is 2.65 bits per heavy atom. The van der Waals surface area contributed by atoms with Crippen molar-refractivity contribution in [2.75, 3.05) is 40.3 Å². The van der Waals surface area contributed by atoms with Crippen molar-refractivity contribution in [3.05, 3.63) is 75.8 Å². The molecule has 1 N–H and O–H groups in total. The van der Waals surface area contributed by atoms with Crippen molar-refractivity contribution in [2.24, 2.45) is 0 Å². The SMILES string of the molecule is CN(C)CCCOc1ccc(CN2CC[C@H](NC(=O)c3ccc(Cl)c(Cl)c3)C2)c2ccccc12. The number of hydrogen-bond acceptors (Lipinski definition) is 4. The van der Waals surface area contributed by atoms with Gasteiger partial charge in [-0.05, 0) is 62.2 Å². The third-order valence-electron chi connectivity index (χ3n) is 6.16. The maximum Gasteiger partial charge on any atom is 0.251 e. The van der Waals surface area contributed by atoms with Gasteiger partial charge in [0.05, 0.1) is 16.7 Å². The minimum absolute atomic E-state index is 0.104. The Kier molecular flexibility index (Phi) is 8.32. The monoisotopic (exact) mass is 499 g/mol. The molecular weight excluding hydrogens is 469 g/mol. The van der Waals surface area contributed by atoms with Gasteiger partial charge in [0.2, 0.25) is 0 Å². The maximum atomic E-state index is 12.6. The fourth-order valence-corrected chi connectivity index (χ4v) is 4.70. The van der Waals surface area contributed by atoms with Gasteiger partial charge in [-0.3, -0.25) is 9.69 Å². The Morgan fingerprint density at radius 2 is 1.88 bits per heavy atom. The summed E-state index contributed by atoms with van der Waals surface area (Å²) >= 11 is 12.0. The number of ether oxygens (including phenoxy) is 1. The molecular formula is C27H31Cl2N3O2. The van der Waals surface area contributed by atoms with Gasteiger partial charge < -0.3 is 15.0 Å². The van der Waals surface area contributed by atoms with E-state index < -0.39 is 0 Å². The molecule has 3 aromatic rings. The highest BCUT2D eigenvalue weighted by Crippen LogP contribution is 2.30. The lowest BCUT2D eigenvalue weighted by Gasteiger charge is -2.19. The van der Waals surface area contributed by atoms with Gasteiger partial charge in [-0.15, -0.1) is 0 Å². The molecule has 0 unspecified atom stereocenters. The standard InChI is InChI=1S/C27H31Cl2N3O2/c1-31(2)13-5-15-34-26-11-9-20(22-6-3-4-7-23(22)26)17-32-14-12-21(18-32)30-27(33)19-8-10-24(28)25(29)16-19/h3-4,6-11,16,21H,5,12-15,17-18H2,1-2H3,(H,30,33)/t21-/m0/s1. The Bertz CT molecular complexity index is 1150. The molecule has 1 amide bonds. The number of carbonyl (C=O) groups excluding carboxylic acids is 1. The van der Waals surface area contributed by atoms with Gasteiger partial charge in [-0.2, -0.15) is 0 Å². The summed E-state index contributed by atoms with van der Waals surface area (Å²) in [6.07, 6.45) is 1.91. The van der Waals surface area contributed by atoms with Gasteiger partial charge in [0.1, 0.15) is 5.75 Å². The van der Waals surface area contributed by atoms with Crippen molar-refractivity contribution < 1.29 is 9.53 Å². The van der Waals surface area contributed by atoms with Gasteiger partial charge in [0.15, 0.2) is 0 Å². The van der Waals surface area contributed by atoms with E-state index in [0.717, 1.165) is 50.2 Å². The summed E-state index contributed by atoms with van der Waals surface area (Å²) in [5, 5.41) is 6.33. The summed E-state index contributed by atoms with van der Waals surface area (Å²) in [5.41, 5.74) is 1.80. The van der Waals surface area contributed by atoms with Crippen molar-refractivity contribution in [3.63, 3.8) is 0 Å². The van der Waals surface area contributed by atoms with Crippen molar-refractivity contribution >= 4 is 39.9 Å². The van der Waals surface area contributed by atoms with E-state index >= 15 is 0 Å². The summed E-state index contributed by atoms with van der Waals surface area (Å²) < 4.78 is 6.11. The van der Waals surface area contributed by atoms with Crippen molar-refractivity contribution in [1.82, 2.24) is 15.1 Å². The average Bonchev–Trinajstić information content (AvgIpc) is 3.26. The van der Waals surface area contributed by atoms with Crippen LogP contribution in [0.1, 0.15) is 28.8 Å². The number of hydrogen-bond donors (Lipinski definition) is 1. The van der Waals surface area contributed by atoms with Crippen LogP contribution >= 0.6 is 23.2 Å². The molecule has 0 saturated carbocycles. The highest BCUT2D eigenvalue weighted by molar-refractivity contribution is 6.42. The molecule has 4 rings (SSSR count). The van der Waals surface area contributed by atoms with Crippen LogP contribution < -0.4 is 10.1 Å². The zero-order valence-corrected chi connectivity index (χ0v) is 21.2. The number of nitrogens with one attached hydrogen (secondary N) is 1. The summed E-state index contributed by atoms with van der Waals surface area (Å²) in [4.78, 5) is 17.2. The fourth-order valence-electron chi connectivity index (χ4n) is 4.40. The molecule has 34 heavy (non-hydrogen) atoms. The van der Waals surface area contributed by atoms with Crippen LogP contribution in [0, 0.1) is 0 Å². The van der Waals surface area contributed by atoms with Crippen molar-refractivity contribution in [1.29, 1.82) is 0 Å². The Morgan fingerprint density at radius 1 is 1.09 bits per heavy atom. The molecule has 5 nitrogen and oxygen atoms in total. The molecule has 0 radical (unpaired) electrons. The topological polar surface area (TPSA) is 44.8 Å². The van der Waals surface area contributed by atoms with E-state index in [1.165, 1.54) is 10.9 Å². The zero-order chi connectivity index (χ0) is 24.1. The van der Waals surface area contributed by atoms with Gasteiger partial charge in [-0.25, -0.2) is 0 Å². The summed E-state index contributed by atoms with van der Waals surface area (Å²) in [5.74, 6) is 0.818. The second-order valence-electron chi connectivity index (χ2n) is 9.10. The highest BCUT2D eigenvalue weighted by Gasteiger charge is 2.25. The molecule has 3 aromatic carbocycles. The molecule has 1 aliphatic heterocycles. The molecule has 1 atom stereocenters. The molecule has 0 spiro atoms. The lowest BCUT2D eigenvalue weighted by Crippen LogP contribution is -2.37. The Balaban J connectivity index is 1.38. The molecule has 1 saturated heterocycles. The lowest BCUT2D eigenvalue weighted by atomic mass is 10.0. The predicted molar refractivity (Wildman–Crippen MR) is 140 cm³/mol. The third-order valence-corrected chi connectivity index (χ3v) is 6.90. The Hall–Kier alpha value is -2.31. The van der Waals surface area contributed by atoms with E-state index in [4.69, 9.17) is 27.9 Å². The second kappa shape index (κ2) is 11.4. The fraction of sp³-hybridized carbons (Fsp3) is 0.370. The molecule has 0 aromatic heterocycles. The lowest BCUT2D eigenvalue weighted by molar-refractivity contribution is 0.0937. The molecule has 7 heteroatoms. The summed E-state index contributed by atoms with van der Waals surface area (Å²) in [6.45, 7) is 4.29. The molecule has 1 heterocycles. The molecule has 0 bridgehead atoms. The summed E-state index contributed by atoms with van der Waals surface area (Å²) in [7, 11) is 4.15. The number of benzene rings is 3. The first-order valence-corrected chi connectivity index (χ1v) is 12.4. The number of likely N-dealkylation sites (tertiary alicyclic amines) is 1.